The van der Waals surface area contributed by atoms with Crippen LogP contribution in [-0.4, -0.2) is 17.7 Å². The van der Waals surface area contributed by atoms with Crippen molar-refractivity contribution in [3.05, 3.63) is 28.8 Å². The van der Waals surface area contributed by atoms with Gasteiger partial charge in [0, 0.05) is 0 Å². The molecule has 16 heavy (non-hydrogen) atoms. The number of rotatable bonds is 4. The second-order valence-corrected chi connectivity index (χ2v) is 4.10. The average Bonchev–Trinajstić information content (AvgIpc) is 2.19. The number of carboxylic acid groups (broad SMARTS) is 1. The van der Waals surface area contributed by atoms with Crippen LogP contribution in [0.5, 0.6) is 5.75 Å². The highest BCUT2D eigenvalue weighted by Crippen LogP contribution is 2.29. The van der Waals surface area contributed by atoms with Gasteiger partial charge in [0.05, 0.1) is 12.2 Å². The quantitative estimate of drug-likeness (QED) is 0.850. The molecular formula is C13H18O3. The van der Waals surface area contributed by atoms with Crippen LogP contribution in [0.15, 0.2) is 12.1 Å². The van der Waals surface area contributed by atoms with Gasteiger partial charge in [-0.2, -0.15) is 0 Å². The molecule has 1 aromatic rings. The lowest BCUT2D eigenvalue weighted by Crippen LogP contribution is -2.05. The molecule has 0 aromatic heterocycles. The number of carboxylic acids is 1. The lowest BCUT2D eigenvalue weighted by Gasteiger charge is -2.15. The molecule has 1 aromatic carbocycles. The summed E-state index contributed by atoms with van der Waals surface area (Å²) in [5, 5.41) is 9.03. The second-order valence-electron chi connectivity index (χ2n) is 4.10. The third kappa shape index (κ3) is 2.54. The predicted molar refractivity (Wildman–Crippen MR) is 63.4 cm³/mol. The summed E-state index contributed by atoms with van der Waals surface area (Å²) in [6, 6.07) is 3.52. The van der Waals surface area contributed by atoms with Crippen molar-refractivity contribution in [2.45, 2.75) is 33.6 Å². The Morgan fingerprint density at radius 1 is 1.44 bits per heavy atom. The van der Waals surface area contributed by atoms with E-state index in [1.165, 1.54) is 0 Å². The molecule has 0 heterocycles. The molecule has 0 radical (unpaired) electrons. The molecule has 3 heteroatoms. The summed E-state index contributed by atoms with van der Waals surface area (Å²) in [4.78, 5) is 11.0. The van der Waals surface area contributed by atoms with Gasteiger partial charge in [0.2, 0.25) is 0 Å². The van der Waals surface area contributed by atoms with E-state index in [1.807, 2.05) is 19.9 Å². The van der Waals surface area contributed by atoms with Gasteiger partial charge >= 0.3 is 5.97 Å². The monoisotopic (exact) mass is 222 g/mol. The van der Waals surface area contributed by atoms with E-state index in [0.29, 0.717) is 23.8 Å². The molecule has 0 bridgehead atoms. The number of aryl methyl sites for hydroxylation is 1. The Balaban J connectivity index is 3.31. The zero-order valence-electron chi connectivity index (χ0n) is 10.2. The molecule has 0 saturated heterocycles. The van der Waals surface area contributed by atoms with Crippen molar-refractivity contribution in [1.29, 1.82) is 0 Å². The number of hydrogen-bond donors (Lipinski definition) is 1. The predicted octanol–water partition coefficient (Wildman–Crippen LogP) is 3.22. The van der Waals surface area contributed by atoms with Crippen LogP contribution in [0.4, 0.5) is 0 Å². The Kier molecular flexibility index (Phi) is 3.93. The number of carbonyl (C=O) groups is 1. The van der Waals surface area contributed by atoms with Gasteiger partial charge < -0.3 is 9.84 Å². The zero-order valence-corrected chi connectivity index (χ0v) is 10.2. The summed E-state index contributed by atoms with van der Waals surface area (Å²) in [5.74, 6) is 0.0948. The third-order valence-electron chi connectivity index (χ3n) is 2.51. The van der Waals surface area contributed by atoms with E-state index in [0.717, 1.165) is 11.1 Å². The van der Waals surface area contributed by atoms with E-state index in [2.05, 4.69) is 13.8 Å². The van der Waals surface area contributed by atoms with Gasteiger partial charge in [0.1, 0.15) is 5.75 Å². The van der Waals surface area contributed by atoms with Gasteiger partial charge in [-0.15, -0.1) is 0 Å². The van der Waals surface area contributed by atoms with E-state index >= 15 is 0 Å². The van der Waals surface area contributed by atoms with E-state index in [9.17, 15) is 4.79 Å². The van der Waals surface area contributed by atoms with Gasteiger partial charge in [-0.25, -0.2) is 4.79 Å². The molecule has 0 fully saturated rings. The maximum atomic E-state index is 11.0. The maximum Gasteiger partial charge on any atom is 0.336 e. The SMILES string of the molecule is CCOc1cc(C(=O)O)c(C)cc1C(C)C. The molecule has 88 valence electrons. The Bertz CT molecular complexity index is 394. The highest BCUT2D eigenvalue weighted by atomic mass is 16.5. The molecule has 0 aliphatic carbocycles. The molecule has 0 atom stereocenters. The average molecular weight is 222 g/mol. The van der Waals surface area contributed by atoms with Crippen molar-refractivity contribution in [2.24, 2.45) is 0 Å². The van der Waals surface area contributed by atoms with E-state index in [1.54, 1.807) is 6.07 Å². The standard InChI is InChI=1S/C13H18O3/c1-5-16-12-7-11(13(14)15)9(4)6-10(12)8(2)3/h6-8H,5H2,1-4H3,(H,14,15). The van der Waals surface area contributed by atoms with Crippen molar-refractivity contribution >= 4 is 5.97 Å². The van der Waals surface area contributed by atoms with E-state index in [-0.39, 0.29) is 0 Å². The Labute approximate surface area is 96.1 Å². The van der Waals surface area contributed by atoms with Crippen LogP contribution < -0.4 is 4.74 Å². The first-order chi connectivity index (χ1) is 7.47. The fourth-order valence-corrected chi connectivity index (χ4v) is 1.67. The van der Waals surface area contributed by atoms with Crippen LogP contribution in [0.2, 0.25) is 0 Å². The van der Waals surface area contributed by atoms with Crippen molar-refractivity contribution < 1.29 is 14.6 Å². The molecule has 0 amide bonds. The number of aromatic carboxylic acids is 1. The largest absolute Gasteiger partial charge is 0.494 e. The second kappa shape index (κ2) is 5.01. The van der Waals surface area contributed by atoms with Crippen LogP contribution >= 0.6 is 0 Å². The molecule has 0 aliphatic heterocycles. The van der Waals surface area contributed by atoms with Crippen molar-refractivity contribution in [3.63, 3.8) is 0 Å². The molecule has 0 aliphatic rings. The normalized spacial score (nSPS) is 10.6. The minimum atomic E-state index is -0.909. The minimum Gasteiger partial charge on any atom is -0.494 e. The van der Waals surface area contributed by atoms with Gasteiger partial charge in [-0.3, -0.25) is 0 Å². The Hall–Kier alpha value is -1.51. The van der Waals surface area contributed by atoms with Crippen LogP contribution in [0.25, 0.3) is 0 Å². The summed E-state index contributed by atoms with van der Waals surface area (Å²) in [6.45, 7) is 8.38. The number of hydrogen-bond acceptors (Lipinski definition) is 2. The minimum absolute atomic E-state index is 0.313. The van der Waals surface area contributed by atoms with Crippen LogP contribution in [0.3, 0.4) is 0 Å². The van der Waals surface area contributed by atoms with Gasteiger partial charge in [-0.05, 0) is 37.0 Å². The highest BCUT2D eigenvalue weighted by molar-refractivity contribution is 5.90. The fourth-order valence-electron chi connectivity index (χ4n) is 1.67. The van der Waals surface area contributed by atoms with Gasteiger partial charge in [0.15, 0.2) is 0 Å². The summed E-state index contributed by atoms with van der Waals surface area (Å²) in [7, 11) is 0. The topological polar surface area (TPSA) is 46.5 Å². The summed E-state index contributed by atoms with van der Waals surface area (Å²) in [6.07, 6.45) is 0. The third-order valence-corrected chi connectivity index (χ3v) is 2.51. The van der Waals surface area contributed by atoms with E-state index < -0.39 is 5.97 Å². The van der Waals surface area contributed by atoms with Crippen molar-refractivity contribution in [2.75, 3.05) is 6.61 Å². The summed E-state index contributed by atoms with van der Waals surface area (Å²) < 4.78 is 5.48. The number of benzene rings is 1. The Morgan fingerprint density at radius 3 is 2.50 bits per heavy atom. The van der Waals surface area contributed by atoms with Crippen molar-refractivity contribution in [1.82, 2.24) is 0 Å². The first kappa shape index (κ1) is 12.6. The molecule has 0 unspecified atom stereocenters. The lowest BCUT2D eigenvalue weighted by atomic mass is 9.96. The van der Waals surface area contributed by atoms with Gasteiger partial charge in [0.25, 0.3) is 0 Å². The lowest BCUT2D eigenvalue weighted by molar-refractivity contribution is 0.0695. The van der Waals surface area contributed by atoms with Crippen LogP contribution in [-0.2, 0) is 0 Å². The molecular weight excluding hydrogens is 204 g/mol. The molecule has 1 N–H and O–H groups in total. The van der Waals surface area contributed by atoms with E-state index in [4.69, 9.17) is 9.84 Å². The van der Waals surface area contributed by atoms with Crippen LogP contribution in [0, 0.1) is 6.92 Å². The first-order valence-electron chi connectivity index (χ1n) is 5.48. The zero-order chi connectivity index (χ0) is 12.3. The fraction of sp³-hybridized carbons (Fsp3) is 0.462. The number of ether oxygens (including phenoxy) is 1. The summed E-state index contributed by atoms with van der Waals surface area (Å²) in [5.41, 5.74) is 2.15. The Morgan fingerprint density at radius 2 is 2.06 bits per heavy atom. The molecule has 1 rings (SSSR count). The van der Waals surface area contributed by atoms with Gasteiger partial charge in [-0.1, -0.05) is 19.9 Å². The summed E-state index contributed by atoms with van der Waals surface area (Å²) >= 11 is 0. The van der Waals surface area contributed by atoms with Crippen LogP contribution in [0.1, 0.15) is 48.2 Å². The van der Waals surface area contributed by atoms with Crippen molar-refractivity contribution in [3.8, 4) is 5.75 Å². The molecule has 0 saturated carbocycles. The first-order valence-corrected chi connectivity index (χ1v) is 5.48. The highest BCUT2D eigenvalue weighted by Gasteiger charge is 2.14. The molecule has 0 spiro atoms. The maximum absolute atomic E-state index is 11.0. The molecule has 3 nitrogen and oxygen atoms in total. The smallest absolute Gasteiger partial charge is 0.336 e.